The molecule has 0 saturated heterocycles. The van der Waals surface area contributed by atoms with Crippen LogP contribution in [-0.2, 0) is 0 Å². The van der Waals surface area contributed by atoms with Crippen LogP contribution in [0.25, 0.3) is 10.8 Å². The Morgan fingerprint density at radius 1 is 1.29 bits per heavy atom. The van der Waals surface area contributed by atoms with Crippen LogP contribution in [0.5, 0.6) is 0 Å². The van der Waals surface area contributed by atoms with Gasteiger partial charge in [-0.3, -0.25) is 0 Å². The SMILES string of the molecule is OB(O)c1cccc2cc(Cl)ncc12. The van der Waals surface area contributed by atoms with E-state index in [4.69, 9.17) is 21.6 Å². The number of benzene rings is 1. The number of aromatic nitrogens is 1. The van der Waals surface area contributed by atoms with Gasteiger partial charge < -0.3 is 10.0 Å². The van der Waals surface area contributed by atoms with Gasteiger partial charge in [-0.25, -0.2) is 4.98 Å². The van der Waals surface area contributed by atoms with Gasteiger partial charge in [0.25, 0.3) is 0 Å². The molecule has 0 radical (unpaired) electrons. The number of rotatable bonds is 1. The van der Waals surface area contributed by atoms with E-state index in [1.54, 1.807) is 18.2 Å². The van der Waals surface area contributed by atoms with Crippen LogP contribution in [0.15, 0.2) is 30.5 Å². The van der Waals surface area contributed by atoms with Gasteiger partial charge in [-0.2, -0.15) is 0 Å². The number of hydrogen-bond donors (Lipinski definition) is 2. The van der Waals surface area contributed by atoms with Gasteiger partial charge in [-0.15, -0.1) is 0 Å². The van der Waals surface area contributed by atoms with Crippen LogP contribution in [-0.4, -0.2) is 22.2 Å². The third-order valence-corrected chi connectivity index (χ3v) is 2.25. The Hall–Kier alpha value is -1.10. The van der Waals surface area contributed by atoms with Crippen LogP contribution in [0.2, 0.25) is 5.15 Å². The Kier molecular flexibility index (Phi) is 2.41. The lowest BCUT2D eigenvalue weighted by molar-refractivity contribution is 0.426. The minimum Gasteiger partial charge on any atom is -0.423 e. The Morgan fingerprint density at radius 2 is 2.07 bits per heavy atom. The summed E-state index contributed by atoms with van der Waals surface area (Å²) in [6.07, 6.45) is 1.53. The van der Waals surface area contributed by atoms with E-state index in [1.165, 1.54) is 6.20 Å². The van der Waals surface area contributed by atoms with E-state index >= 15 is 0 Å². The van der Waals surface area contributed by atoms with Crippen molar-refractivity contribution < 1.29 is 10.0 Å². The molecule has 5 heteroatoms. The fourth-order valence-corrected chi connectivity index (χ4v) is 1.56. The molecule has 0 fully saturated rings. The van der Waals surface area contributed by atoms with Crippen molar-refractivity contribution in [1.29, 1.82) is 0 Å². The zero-order valence-corrected chi connectivity index (χ0v) is 7.94. The molecule has 1 aromatic heterocycles. The summed E-state index contributed by atoms with van der Waals surface area (Å²) in [4.78, 5) is 3.89. The van der Waals surface area contributed by atoms with Crippen molar-refractivity contribution in [3.05, 3.63) is 35.6 Å². The molecule has 2 N–H and O–H groups in total. The summed E-state index contributed by atoms with van der Waals surface area (Å²) in [6.45, 7) is 0. The molecule has 0 aliphatic carbocycles. The zero-order valence-electron chi connectivity index (χ0n) is 7.18. The lowest BCUT2D eigenvalue weighted by Gasteiger charge is -2.04. The molecular weight excluding hydrogens is 200 g/mol. The first kappa shape index (κ1) is 9.46. The smallest absolute Gasteiger partial charge is 0.423 e. The maximum absolute atomic E-state index is 9.09. The average molecular weight is 207 g/mol. The lowest BCUT2D eigenvalue weighted by atomic mass is 9.78. The molecular formula is C9H7BClNO2. The molecule has 0 unspecified atom stereocenters. The molecule has 0 bridgehead atoms. The number of halogens is 1. The Bertz CT molecular complexity index is 475. The van der Waals surface area contributed by atoms with E-state index in [0.717, 1.165) is 5.39 Å². The Morgan fingerprint density at radius 3 is 2.79 bits per heavy atom. The summed E-state index contributed by atoms with van der Waals surface area (Å²) in [5.74, 6) is 0. The fraction of sp³-hybridized carbons (Fsp3) is 0. The molecule has 2 rings (SSSR count). The highest BCUT2D eigenvalue weighted by Gasteiger charge is 2.14. The molecule has 0 saturated carbocycles. The Labute approximate surface area is 86.1 Å². The normalized spacial score (nSPS) is 10.5. The monoisotopic (exact) mass is 207 g/mol. The van der Waals surface area contributed by atoms with Crippen molar-refractivity contribution in [3.63, 3.8) is 0 Å². The van der Waals surface area contributed by atoms with Gasteiger partial charge in [-0.05, 0) is 22.3 Å². The van der Waals surface area contributed by atoms with Crippen LogP contribution >= 0.6 is 11.6 Å². The highest BCUT2D eigenvalue weighted by atomic mass is 35.5. The van der Waals surface area contributed by atoms with Crippen LogP contribution < -0.4 is 5.46 Å². The highest BCUT2D eigenvalue weighted by molar-refractivity contribution is 6.61. The van der Waals surface area contributed by atoms with Crippen molar-refractivity contribution in [2.24, 2.45) is 0 Å². The number of pyridine rings is 1. The topological polar surface area (TPSA) is 53.4 Å². The van der Waals surface area contributed by atoms with Crippen molar-refractivity contribution in [2.45, 2.75) is 0 Å². The first-order valence-electron chi connectivity index (χ1n) is 4.09. The van der Waals surface area contributed by atoms with E-state index in [1.807, 2.05) is 6.07 Å². The fourth-order valence-electron chi connectivity index (χ4n) is 1.39. The second kappa shape index (κ2) is 3.57. The van der Waals surface area contributed by atoms with E-state index in [0.29, 0.717) is 16.0 Å². The summed E-state index contributed by atoms with van der Waals surface area (Å²) in [7, 11) is -1.48. The average Bonchev–Trinajstić information content (AvgIpc) is 2.16. The second-order valence-corrected chi connectivity index (χ2v) is 3.34. The molecule has 0 aliphatic rings. The van der Waals surface area contributed by atoms with Gasteiger partial charge in [0.15, 0.2) is 0 Å². The summed E-state index contributed by atoms with van der Waals surface area (Å²) in [5.41, 5.74) is 0.437. The molecule has 2 aromatic rings. The minimum atomic E-state index is -1.48. The predicted molar refractivity (Wildman–Crippen MR) is 56.6 cm³/mol. The second-order valence-electron chi connectivity index (χ2n) is 2.95. The molecule has 0 amide bonds. The van der Waals surface area contributed by atoms with E-state index in [-0.39, 0.29) is 0 Å². The van der Waals surface area contributed by atoms with E-state index < -0.39 is 7.12 Å². The molecule has 0 spiro atoms. The predicted octanol–water partition coefficient (Wildman–Crippen LogP) is 0.568. The maximum atomic E-state index is 9.09. The molecule has 0 atom stereocenters. The van der Waals surface area contributed by atoms with Gasteiger partial charge in [0, 0.05) is 6.20 Å². The lowest BCUT2D eigenvalue weighted by Crippen LogP contribution is -2.30. The van der Waals surface area contributed by atoms with E-state index in [2.05, 4.69) is 4.98 Å². The van der Waals surface area contributed by atoms with Gasteiger partial charge in [0.2, 0.25) is 0 Å². The zero-order chi connectivity index (χ0) is 10.1. The first-order chi connectivity index (χ1) is 6.68. The van der Waals surface area contributed by atoms with Gasteiger partial charge in [0.1, 0.15) is 5.15 Å². The number of fused-ring (bicyclic) bond motifs is 1. The maximum Gasteiger partial charge on any atom is 0.489 e. The number of hydrogen-bond acceptors (Lipinski definition) is 3. The molecule has 1 aromatic carbocycles. The third kappa shape index (κ3) is 1.59. The van der Waals surface area contributed by atoms with Crippen LogP contribution in [0.3, 0.4) is 0 Å². The Balaban J connectivity index is 2.75. The molecule has 1 heterocycles. The summed E-state index contributed by atoms with van der Waals surface area (Å²) < 4.78 is 0. The van der Waals surface area contributed by atoms with Crippen LogP contribution in [0, 0.1) is 0 Å². The van der Waals surface area contributed by atoms with E-state index in [9.17, 15) is 0 Å². The minimum absolute atomic E-state index is 0.391. The van der Waals surface area contributed by atoms with Gasteiger partial charge in [-0.1, -0.05) is 29.8 Å². The molecule has 14 heavy (non-hydrogen) atoms. The van der Waals surface area contributed by atoms with Crippen LogP contribution in [0.1, 0.15) is 0 Å². The third-order valence-electron chi connectivity index (χ3n) is 2.04. The van der Waals surface area contributed by atoms with Crippen molar-refractivity contribution >= 4 is 35.0 Å². The standard InChI is InChI=1S/C9H7BClNO2/c11-9-4-6-2-1-3-8(10(13)14)7(6)5-12-9/h1-5,13-14H. The molecule has 3 nitrogen and oxygen atoms in total. The largest absolute Gasteiger partial charge is 0.489 e. The van der Waals surface area contributed by atoms with Crippen molar-refractivity contribution in [1.82, 2.24) is 4.98 Å². The highest BCUT2D eigenvalue weighted by Crippen LogP contribution is 2.14. The van der Waals surface area contributed by atoms with Gasteiger partial charge in [0.05, 0.1) is 0 Å². The van der Waals surface area contributed by atoms with Gasteiger partial charge >= 0.3 is 7.12 Å². The molecule has 70 valence electrons. The summed E-state index contributed by atoms with van der Waals surface area (Å²) in [6, 6.07) is 6.91. The quantitative estimate of drug-likeness (QED) is 0.531. The summed E-state index contributed by atoms with van der Waals surface area (Å²) in [5, 5.41) is 20.1. The van der Waals surface area contributed by atoms with Crippen LogP contribution in [0.4, 0.5) is 0 Å². The van der Waals surface area contributed by atoms with Crippen molar-refractivity contribution in [2.75, 3.05) is 0 Å². The first-order valence-corrected chi connectivity index (χ1v) is 4.46. The number of nitrogens with zero attached hydrogens (tertiary/aromatic N) is 1. The molecule has 0 aliphatic heterocycles. The van der Waals surface area contributed by atoms with Crippen molar-refractivity contribution in [3.8, 4) is 0 Å². The summed E-state index contributed by atoms with van der Waals surface area (Å²) >= 11 is 5.71.